The summed E-state index contributed by atoms with van der Waals surface area (Å²) in [7, 11) is 0. The van der Waals surface area contributed by atoms with Crippen molar-refractivity contribution < 1.29 is 50.1 Å². The lowest BCUT2D eigenvalue weighted by atomic mass is 9.96. The number of aliphatic hydroxyl groups is 4. The van der Waals surface area contributed by atoms with Gasteiger partial charge in [-0.25, -0.2) is 4.79 Å². The van der Waals surface area contributed by atoms with Gasteiger partial charge in [0.05, 0.1) is 12.8 Å². The minimum atomic E-state index is -2.74. The van der Waals surface area contributed by atoms with E-state index in [0.717, 1.165) is 0 Å². The third-order valence-electron chi connectivity index (χ3n) is 1.76. The predicted molar refractivity (Wildman–Crippen MR) is 56.8 cm³/mol. The van der Waals surface area contributed by atoms with Crippen molar-refractivity contribution in [2.45, 2.75) is 37.8 Å². The Hall–Kier alpha value is -1.75. The fourth-order valence-corrected chi connectivity index (χ4v) is 0.714. The molecule has 7 N–H and O–H groups in total. The Morgan fingerprint density at radius 3 is 1.21 bits per heavy atom. The molecule has 10 heteroatoms. The molecule has 19 heavy (non-hydrogen) atoms. The van der Waals surface area contributed by atoms with Gasteiger partial charge in [0.15, 0.2) is 5.60 Å². The van der Waals surface area contributed by atoms with Gasteiger partial charge in [0, 0.05) is 6.42 Å². The van der Waals surface area contributed by atoms with Crippen LogP contribution in [0.2, 0.25) is 0 Å². The Bertz CT molecular complexity index is 312. The summed E-state index contributed by atoms with van der Waals surface area (Å²) < 4.78 is 0. The molecule has 0 rings (SSSR count). The number of hydrogen-bond donors (Lipinski definition) is 7. The average molecular weight is 284 g/mol. The van der Waals surface area contributed by atoms with Crippen LogP contribution in [0.3, 0.4) is 0 Å². The molecule has 0 aromatic carbocycles. The smallest absolute Gasteiger partial charge is 0.336 e. The summed E-state index contributed by atoms with van der Waals surface area (Å²) in [6, 6.07) is 0. The average Bonchev–Trinajstić information content (AvgIpc) is 2.14. The zero-order valence-electron chi connectivity index (χ0n) is 9.98. The largest absolute Gasteiger partial charge is 0.481 e. The molecule has 0 saturated carbocycles. The summed E-state index contributed by atoms with van der Waals surface area (Å²) in [5, 5.41) is 57.6. The van der Waals surface area contributed by atoms with Gasteiger partial charge in [-0.2, -0.15) is 0 Å². The van der Waals surface area contributed by atoms with Crippen LogP contribution in [-0.4, -0.2) is 65.2 Å². The van der Waals surface area contributed by atoms with Crippen molar-refractivity contribution in [2.75, 3.05) is 0 Å². The van der Waals surface area contributed by atoms with Crippen molar-refractivity contribution in [3.05, 3.63) is 0 Å². The van der Waals surface area contributed by atoms with Gasteiger partial charge < -0.3 is 35.7 Å². The Morgan fingerprint density at radius 2 is 1.11 bits per heavy atom. The van der Waals surface area contributed by atoms with Crippen molar-refractivity contribution in [3.63, 3.8) is 0 Å². The number of aliphatic carboxylic acids is 3. The minimum Gasteiger partial charge on any atom is -0.481 e. The second-order valence-electron chi connectivity index (χ2n) is 3.61. The number of hydrogen-bond acceptors (Lipinski definition) is 7. The van der Waals surface area contributed by atoms with E-state index in [0.29, 0.717) is 0 Å². The standard InChI is InChI=1S/C6H8O7.C3H8O3/c7-3(8)1-6(13,5(11)12)2-4(9)10;1-2-3(4,5)6/h13H,1-2H2,(H,7,8)(H,9,10)(H,11,12);4-6H,2H2,1H3. The van der Waals surface area contributed by atoms with Gasteiger partial charge >= 0.3 is 17.9 Å². The van der Waals surface area contributed by atoms with Gasteiger partial charge in [0.1, 0.15) is 0 Å². The molecule has 0 amide bonds. The molecule has 0 atom stereocenters. The second-order valence-corrected chi connectivity index (χ2v) is 3.61. The van der Waals surface area contributed by atoms with Crippen LogP contribution < -0.4 is 0 Å². The van der Waals surface area contributed by atoms with E-state index < -0.39 is 42.3 Å². The summed E-state index contributed by atoms with van der Waals surface area (Å²) in [6.45, 7) is 1.46. The van der Waals surface area contributed by atoms with Gasteiger partial charge in [0.25, 0.3) is 5.97 Å². The zero-order chi connectivity index (χ0) is 15.9. The van der Waals surface area contributed by atoms with Crippen molar-refractivity contribution in [1.82, 2.24) is 0 Å². The number of carbonyl (C=O) groups is 3. The summed E-state index contributed by atoms with van der Waals surface area (Å²) in [6.07, 6.45) is -2.35. The summed E-state index contributed by atoms with van der Waals surface area (Å²) in [5.74, 6) is -7.48. The van der Waals surface area contributed by atoms with Crippen LogP contribution >= 0.6 is 0 Å². The molecule has 0 bridgehead atoms. The fraction of sp³-hybridized carbons (Fsp3) is 0.667. The summed E-state index contributed by atoms with van der Waals surface area (Å²) in [5.41, 5.74) is -2.74. The highest BCUT2D eigenvalue weighted by Crippen LogP contribution is 2.15. The Kier molecular flexibility index (Phi) is 7.87. The number of rotatable bonds is 6. The van der Waals surface area contributed by atoms with Crippen LogP contribution in [0.15, 0.2) is 0 Å². The predicted octanol–water partition coefficient (Wildman–Crippen LogP) is -2.22. The normalized spacial score (nSPS) is 11.2. The molecule has 0 heterocycles. The van der Waals surface area contributed by atoms with Gasteiger partial charge in [-0.1, -0.05) is 6.92 Å². The Labute approximate surface area is 107 Å². The zero-order valence-corrected chi connectivity index (χ0v) is 9.98. The topological polar surface area (TPSA) is 193 Å². The molecule has 0 spiro atoms. The lowest BCUT2D eigenvalue weighted by Crippen LogP contribution is -2.42. The second kappa shape index (κ2) is 7.63. The number of carboxylic acid groups (broad SMARTS) is 3. The summed E-state index contributed by atoms with van der Waals surface area (Å²) >= 11 is 0. The summed E-state index contributed by atoms with van der Waals surface area (Å²) in [4.78, 5) is 30.5. The first kappa shape index (κ1) is 19.6. The maximum atomic E-state index is 10.3. The molecule has 0 aliphatic heterocycles. The monoisotopic (exact) mass is 284 g/mol. The van der Waals surface area contributed by atoms with E-state index in [4.69, 9.17) is 35.7 Å². The van der Waals surface area contributed by atoms with E-state index in [9.17, 15) is 14.4 Å². The van der Waals surface area contributed by atoms with Crippen LogP contribution in [0.5, 0.6) is 0 Å². The van der Waals surface area contributed by atoms with Gasteiger partial charge in [-0.3, -0.25) is 9.59 Å². The van der Waals surface area contributed by atoms with Crippen LogP contribution in [0.4, 0.5) is 0 Å². The van der Waals surface area contributed by atoms with Gasteiger partial charge in [0.2, 0.25) is 0 Å². The lowest BCUT2D eigenvalue weighted by Gasteiger charge is -2.18. The molecule has 0 aromatic heterocycles. The lowest BCUT2D eigenvalue weighted by molar-refractivity contribution is -0.312. The van der Waals surface area contributed by atoms with E-state index in [2.05, 4.69) is 0 Å². The van der Waals surface area contributed by atoms with Crippen LogP contribution in [0.1, 0.15) is 26.2 Å². The van der Waals surface area contributed by atoms with E-state index in [-0.39, 0.29) is 6.42 Å². The Balaban J connectivity index is 0. The highest BCUT2D eigenvalue weighted by atomic mass is 16.7. The van der Waals surface area contributed by atoms with Gasteiger partial charge in [-0.05, 0) is 0 Å². The molecule has 10 nitrogen and oxygen atoms in total. The molecular weight excluding hydrogens is 268 g/mol. The molecule has 0 fully saturated rings. The third kappa shape index (κ3) is 11.1. The first-order valence-corrected chi connectivity index (χ1v) is 4.90. The molecule has 0 aliphatic carbocycles. The molecule has 112 valence electrons. The maximum absolute atomic E-state index is 10.3. The Morgan fingerprint density at radius 1 is 0.842 bits per heavy atom. The van der Waals surface area contributed by atoms with Crippen LogP contribution in [0.25, 0.3) is 0 Å². The first-order valence-electron chi connectivity index (χ1n) is 4.90. The molecule has 0 saturated heterocycles. The van der Waals surface area contributed by atoms with Gasteiger partial charge in [-0.15, -0.1) is 0 Å². The molecule has 0 radical (unpaired) electrons. The van der Waals surface area contributed by atoms with Crippen molar-refractivity contribution in [3.8, 4) is 0 Å². The highest BCUT2D eigenvalue weighted by molar-refractivity contribution is 5.88. The maximum Gasteiger partial charge on any atom is 0.336 e. The van der Waals surface area contributed by atoms with E-state index >= 15 is 0 Å². The molecular formula is C9H16O10. The molecule has 0 unspecified atom stereocenters. The van der Waals surface area contributed by atoms with E-state index in [1.165, 1.54) is 6.92 Å². The third-order valence-corrected chi connectivity index (χ3v) is 1.76. The van der Waals surface area contributed by atoms with Crippen LogP contribution in [-0.2, 0) is 14.4 Å². The van der Waals surface area contributed by atoms with Crippen molar-refractivity contribution in [2.24, 2.45) is 0 Å². The quantitative estimate of drug-likeness (QED) is 0.262. The number of carboxylic acids is 3. The van der Waals surface area contributed by atoms with E-state index in [1.807, 2.05) is 0 Å². The molecule has 0 aliphatic rings. The fourth-order valence-electron chi connectivity index (χ4n) is 0.714. The minimum absolute atomic E-state index is 0.0625. The van der Waals surface area contributed by atoms with Crippen LogP contribution in [0, 0.1) is 0 Å². The van der Waals surface area contributed by atoms with E-state index in [1.54, 1.807) is 0 Å². The highest BCUT2D eigenvalue weighted by Gasteiger charge is 2.40. The SMILES string of the molecule is CCC(O)(O)O.O=C(O)CC(O)(CC(=O)O)C(=O)O. The van der Waals surface area contributed by atoms with Crippen molar-refractivity contribution in [1.29, 1.82) is 0 Å². The molecule has 0 aromatic rings. The van der Waals surface area contributed by atoms with Crippen molar-refractivity contribution >= 4 is 17.9 Å². The first-order chi connectivity index (χ1) is 8.34.